The van der Waals surface area contributed by atoms with Crippen molar-refractivity contribution in [3.63, 3.8) is 0 Å². The fraction of sp³-hybridized carbons (Fsp3) is 0.250. The zero-order valence-corrected chi connectivity index (χ0v) is 12.4. The second-order valence-corrected chi connectivity index (χ2v) is 5.18. The largest absolute Gasteiger partial charge is 0.508 e. The number of rotatable bonds is 5. The molecule has 0 spiro atoms. The summed E-state index contributed by atoms with van der Waals surface area (Å²) < 4.78 is 13.9. The minimum absolute atomic E-state index is 0.0574. The van der Waals surface area contributed by atoms with Gasteiger partial charge >= 0.3 is 0 Å². The molecule has 0 fully saturated rings. The van der Waals surface area contributed by atoms with Crippen molar-refractivity contribution in [1.29, 1.82) is 0 Å². The highest BCUT2D eigenvalue weighted by molar-refractivity contribution is 5.41. The Morgan fingerprint density at radius 3 is 2.64 bits per heavy atom. The molecule has 22 heavy (non-hydrogen) atoms. The van der Waals surface area contributed by atoms with Crippen molar-refractivity contribution in [3.8, 4) is 5.75 Å². The highest BCUT2D eigenvalue weighted by atomic mass is 19.1. The molecular formula is C16H17FN2O3. The van der Waals surface area contributed by atoms with E-state index in [1.807, 2.05) is 13.0 Å². The van der Waals surface area contributed by atoms with Gasteiger partial charge in [0.05, 0.1) is 10.5 Å². The molecule has 5 nitrogen and oxygen atoms in total. The van der Waals surface area contributed by atoms with E-state index in [0.717, 1.165) is 5.56 Å². The Kier molecular flexibility index (Phi) is 4.72. The van der Waals surface area contributed by atoms with Gasteiger partial charge in [0.2, 0.25) is 0 Å². The van der Waals surface area contributed by atoms with Crippen molar-refractivity contribution in [1.82, 2.24) is 4.90 Å². The second-order valence-electron chi connectivity index (χ2n) is 5.18. The summed E-state index contributed by atoms with van der Waals surface area (Å²) in [5.41, 5.74) is 0.679. The molecule has 6 heteroatoms. The first-order valence-corrected chi connectivity index (χ1v) is 6.81. The molecule has 2 aromatic carbocycles. The number of nitro benzene ring substituents is 1. The van der Waals surface area contributed by atoms with Crippen molar-refractivity contribution in [2.45, 2.75) is 19.5 Å². The van der Waals surface area contributed by atoms with E-state index in [1.54, 1.807) is 30.1 Å². The van der Waals surface area contributed by atoms with E-state index in [9.17, 15) is 19.6 Å². The average molecular weight is 304 g/mol. The molecule has 1 atom stereocenters. The van der Waals surface area contributed by atoms with E-state index < -0.39 is 10.7 Å². The molecule has 0 aliphatic heterocycles. The zero-order chi connectivity index (χ0) is 16.3. The van der Waals surface area contributed by atoms with Gasteiger partial charge in [-0.1, -0.05) is 18.2 Å². The summed E-state index contributed by atoms with van der Waals surface area (Å²) >= 11 is 0. The van der Waals surface area contributed by atoms with Crippen LogP contribution in [0.15, 0.2) is 42.5 Å². The quantitative estimate of drug-likeness (QED) is 0.676. The third kappa shape index (κ3) is 3.40. The van der Waals surface area contributed by atoms with E-state index in [0.29, 0.717) is 0 Å². The minimum atomic E-state index is -0.593. The Hall–Kier alpha value is -2.47. The Bertz CT molecular complexity index is 691. The number of hydrogen-bond donors (Lipinski definition) is 1. The molecule has 0 radical (unpaired) electrons. The molecule has 0 saturated carbocycles. The van der Waals surface area contributed by atoms with E-state index in [1.165, 1.54) is 18.2 Å². The molecule has 0 saturated heterocycles. The summed E-state index contributed by atoms with van der Waals surface area (Å²) in [5, 5.41) is 20.6. The lowest BCUT2D eigenvalue weighted by Crippen LogP contribution is -2.23. The Morgan fingerprint density at radius 1 is 1.32 bits per heavy atom. The summed E-state index contributed by atoms with van der Waals surface area (Å²) in [6.07, 6.45) is 0. The van der Waals surface area contributed by atoms with Gasteiger partial charge < -0.3 is 5.11 Å². The SMILES string of the molecule is CC(c1cccc(O)c1)N(C)Cc1c(F)cccc1[N+](=O)[O-]. The van der Waals surface area contributed by atoms with Crippen LogP contribution < -0.4 is 0 Å². The lowest BCUT2D eigenvalue weighted by atomic mass is 10.1. The number of aromatic hydroxyl groups is 1. The fourth-order valence-corrected chi connectivity index (χ4v) is 2.30. The van der Waals surface area contributed by atoms with E-state index in [-0.39, 0.29) is 29.6 Å². The number of benzene rings is 2. The van der Waals surface area contributed by atoms with Crippen LogP contribution in [0.5, 0.6) is 5.75 Å². The molecule has 2 rings (SSSR count). The maximum absolute atomic E-state index is 13.9. The molecule has 0 bridgehead atoms. The van der Waals surface area contributed by atoms with Gasteiger partial charge in [-0.2, -0.15) is 0 Å². The lowest BCUT2D eigenvalue weighted by molar-refractivity contribution is -0.386. The first-order valence-electron chi connectivity index (χ1n) is 6.81. The van der Waals surface area contributed by atoms with Crippen LogP contribution in [0.4, 0.5) is 10.1 Å². The number of hydrogen-bond acceptors (Lipinski definition) is 4. The van der Waals surface area contributed by atoms with E-state index in [4.69, 9.17) is 0 Å². The molecule has 2 aromatic rings. The molecule has 0 heterocycles. The van der Waals surface area contributed by atoms with Crippen molar-refractivity contribution >= 4 is 5.69 Å². The second kappa shape index (κ2) is 6.53. The molecule has 0 aromatic heterocycles. The van der Waals surface area contributed by atoms with Gasteiger partial charge in [0.15, 0.2) is 0 Å². The van der Waals surface area contributed by atoms with Gasteiger partial charge in [0, 0.05) is 18.7 Å². The molecule has 0 aliphatic carbocycles. The Balaban J connectivity index is 2.25. The number of phenols is 1. The van der Waals surface area contributed by atoms with Crippen LogP contribution in [0, 0.1) is 15.9 Å². The summed E-state index contributed by atoms with van der Waals surface area (Å²) in [4.78, 5) is 12.2. The molecule has 1 N–H and O–H groups in total. The van der Waals surface area contributed by atoms with Crippen molar-refractivity contribution in [3.05, 3.63) is 69.5 Å². The standard InChI is InChI=1S/C16H17FN2O3/c1-11(12-5-3-6-13(20)9-12)18(2)10-14-15(17)7-4-8-16(14)19(21)22/h3-9,11,20H,10H2,1-2H3. The third-order valence-electron chi connectivity index (χ3n) is 3.71. The minimum Gasteiger partial charge on any atom is -0.508 e. The first kappa shape index (κ1) is 15.9. The summed E-state index contributed by atoms with van der Waals surface area (Å²) in [6, 6.07) is 10.5. The van der Waals surface area contributed by atoms with Gasteiger partial charge in [0.1, 0.15) is 11.6 Å². The van der Waals surface area contributed by atoms with Crippen molar-refractivity contribution < 1.29 is 14.4 Å². The van der Waals surface area contributed by atoms with Gasteiger partial charge in [-0.05, 0) is 37.7 Å². The summed E-state index contributed by atoms with van der Waals surface area (Å²) in [7, 11) is 1.75. The van der Waals surface area contributed by atoms with E-state index in [2.05, 4.69) is 0 Å². The highest BCUT2D eigenvalue weighted by Gasteiger charge is 2.21. The molecule has 0 amide bonds. The molecular weight excluding hydrogens is 287 g/mol. The van der Waals surface area contributed by atoms with Crippen LogP contribution in [0.1, 0.15) is 24.1 Å². The van der Waals surface area contributed by atoms with Crippen LogP contribution in [-0.2, 0) is 6.54 Å². The van der Waals surface area contributed by atoms with Crippen LogP contribution in [0.3, 0.4) is 0 Å². The summed E-state index contributed by atoms with van der Waals surface area (Å²) in [5.74, 6) is -0.446. The van der Waals surface area contributed by atoms with Crippen molar-refractivity contribution in [2.75, 3.05) is 7.05 Å². The predicted molar refractivity (Wildman–Crippen MR) is 81.0 cm³/mol. The Labute approximate surface area is 127 Å². The van der Waals surface area contributed by atoms with Gasteiger partial charge in [-0.15, -0.1) is 0 Å². The van der Waals surface area contributed by atoms with Gasteiger partial charge in [-0.3, -0.25) is 15.0 Å². The molecule has 116 valence electrons. The first-order chi connectivity index (χ1) is 10.4. The fourth-order valence-electron chi connectivity index (χ4n) is 2.30. The number of phenolic OH excluding ortho intramolecular Hbond substituents is 1. The normalized spacial score (nSPS) is 12.4. The monoisotopic (exact) mass is 304 g/mol. The number of nitrogens with zero attached hydrogens (tertiary/aromatic N) is 2. The predicted octanol–water partition coefficient (Wildman–Crippen LogP) is 3.63. The molecule has 0 aliphatic rings. The van der Waals surface area contributed by atoms with Crippen LogP contribution in [-0.4, -0.2) is 22.0 Å². The smallest absolute Gasteiger partial charge is 0.276 e. The number of nitro groups is 1. The number of halogens is 1. The van der Waals surface area contributed by atoms with Gasteiger partial charge in [-0.25, -0.2) is 4.39 Å². The highest BCUT2D eigenvalue weighted by Crippen LogP contribution is 2.27. The third-order valence-corrected chi connectivity index (χ3v) is 3.71. The lowest BCUT2D eigenvalue weighted by Gasteiger charge is -2.25. The zero-order valence-electron chi connectivity index (χ0n) is 12.4. The topological polar surface area (TPSA) is 66.6 Å². The van der Waals surface area contributed by atoms with Crippen molar-refractivity contribution in [2.24, 2.45) is 0 Å². The average Bonchev–Trinajstić information content (AvgIpc) is 2.48. The summed E-state index contributed by atoms with van der Waals surface area (Å²) in [6.45, 7) is 1.99. The maximum atomic E-state index is 13.9. The van der Waals surface area contributed by atoms with E-state index >= 15 is 0 Å². The van der Waals surface area contributed by atoms with Crippen LogP contribution >= 0.6 is 0 Å². The Morgan fingerprint density at radius 2 is 2.00 bits per heavy atom. The van der Waals surface area contributed by atoms with Crippen LogP contribution in [0.2, 0.25) is 0 Å². The van der Waals surface area contributed by atoms with Gasteiger partial charge in [0.25, 0.3) is 5.69 Å². The maximum Gasteiger partial charge on any atom is 0.276 e. The molecule has 1 unspecified atom stereocenters. The van der Waals surface area contributed by atoms with Crippen LogP contribution in [0.25, 0.3) is 0 Å².